The summed E-state index contributed by atoms with van der Waals surface area (Å²) < 4.78 is 5.25. The fourth-order valence-corrected chi connectivity index (χ4v) is 1.42. The summed E-state index contributed by atoms with van der Waals surface area (Å²) >= 11 is 5.86. The number of carbonyl (C=O) groups excluding carboxylic acids is 3. The van der Waals surface area contributed by atoms with Crippen molar-refractivity contribution in [3.63, 3.8) is 0 Å². The van der Waals surface area contributed by atoms with Crippen molar-refractivity contribution in [3.8, 4) is 5.75 Å². The summed E-state index contributed by atoms with van der Waals surface area (Å²) in [5.74, 6) is -0.638. The average molecular weight is 271 g/mol. The van der Waals surface area contributed by atoms with E-state index in [-0.39, 0.29) is 16.3 Å². The quantitative estimate of drug-likeness (QED) is 0.801. The second-order valence-corrected chi connectivity index (χ2v) is 3.80. The zero-order valence-corrected chi connectivity index (χ0v) is 10.2. The molecule has 6 nitrogen and oxygen atoms in total. The van der Waals surface area contributed by atoms with Crippen LogP contribution in [-0.2, 0) is 4.79 Å². The Labute approximate surface area is 108 Å². The number of nitrogens with one attached hydrogen (secondary N) is 1. The number of amides is 3. The van der Waals surface area contributed by atoms with Gasteiger partial charge in [-0.15, -0.1) is 0 Å². The van der Waals surface area contributed by atoms with Gasteiger partial charge in [-0.1, -0.05) is 17.7 Å². The summed E-state index contributed by atoms with van der Waals surface area (Å²) in [7, 11) is 0. The lowest BCUT2D eigenvalue weighted by atomic mass is 10.2. The number of aldehydes is 1. The van der Waals surface area contributed by atoms with Gasteiger partial charge in [-0.25, -0.2) is 4.79 Å². The van der Waals surface area contributed by atoms with E-state index in [9.17, 15) is 14.4 Å². The number of imide groups is 1. The van der Waals surface area contributed by atoms with Crippen LogP contribution in [0.15, 0.2) is 18.2 Å². The van der Waals surface area contributed by atoms with Crippen LogP contribution in [0.25, 0.3) is 0 Å². The maximum Gasteiger partial charge on any atom is 0.318 e. The molecular formula is C11H11ClN2O4. The molecule has 3 amide bonds. The number of carbonyl (C=O) groups is 3. The van der Waals surface area contributed by atoms with Gasteiger partial charge in [-0.3, -0.25) is 14.9 Å². The van der Waals surface area contributed by atoms with E-state index in [1.807, 2.05) is 5.32 Å². The molecule has 1 atom stereocenters. The molecule has 1 unspecified atom stereocenters. The van der Waals surface area contributed by atoms with Gasteiger partial charge in [0, 0.05) is 0 Å². The van der Waals surface area contributed by atoms with E-state index < -0.39 is 18.0 Å². The van der Waals surface area contributed by atoms with E-state index in [1.54, 1.807) is 6.07 Å². The molecule has 0 saturated heterocycles. The van der Waals surface area contributed by atoms with Crippen LogP contribution >= 0.6 is 11.6 Å². The van der Waals surface area contributed by atoms with E-state index in [4.69, 9.17) is 22.1 Å². The molecule has 0 spiro atoms. The maximum atomic E-state index is 11.4. The first-order valence-corrected chi connectivity index (χ1v) is 5.34. The Kier molecular flexibility index (Phi) is 4.67. The normalized spacial score (nSPS) is 11.4. The van der Waals surface area contributed by atoms with Crippen molar-refractivity contribution in [1.82, 2.24) is 5.32 Å². The van der Waals surface area contributed by atoms with Crippen molar-refractivity contribution < 1.29 is 19.1 Å². The zero-order chi connectivity index (χ0) is 13.7. The van der Waals surface area contributed by atoms with Gasteiger partial charge < -0.3 is 10.5 Å². The Hall–Kier alpha value is -2.08. The zero-order valence-electron chi connectivity index (χ0n) is 9.48. The molecular weight excluding hydrogens is 260 g/mol. The molecule has 0 aromatic heterocycles. The summed E-state index contributed by atoms with van der Waals surface area (Å²) in [6.07, 6.45) is -0.462. The minimum absolute atomic E-state index is 0.0845. The van der Waals surface area contributed by atoms with Crippen LogP contribution in [0.1, 0.15) is 17.3 Å². The third-order valence-corrected chi connectivity index (χ3v) is 2.33. The first kappa shape index (κ1) is 14.0. The van der Waals surface area contributed by atoms with Crippen molar-refractivity contribution in [2.45, 2.75) is 13.0 Å². The van der Waals surface area contributed by atoms with Crippen molar-refractivity contribution in [1.29, 1.82) is 0 Å². The molecule has 0 aliphatic carbocycles. The number of rotatable bonds is 4. The van der Waals surface area contributed by atoms with Crippen LogP contribution in [0.4, 0.5) is 4.79 Å². The van der Waals surface area contributed by atoms with Crippen molar-refractivity contribution in [2.24, 2.45) is 5.73 Å². The fourth-order valence-electron chi connectivity index (χ4n) is 1.20. The van der Waals surface area contributed by atoms with E-state index in [0.717, 1.165) is 0 Å². The highest BCUT2D eigenvalue weighted by atomic mass is 35.5. The first-order valence-electron chi connectivity index (χ1n) is 4.96. The molecule has 7 heteroatoms. The summed E-state index contributed by atoms with van der Waals surface area (Å²) in [6, 6.07) is 3.60. The number of hydrogen-bond donors (Lipinski definition) is 2. The van der Waals surface area contributed by atoms with Gasteiger partial charge in [-0.2, -0.15) is 0 Å². The molecule has 0 saturated carbocycles. The summed E-state index contributed by atoms with van der Waals surface area (Å²) in [5.41, 5.74) is 5.01. The molecule has 1 rings (SSSR count). The lowest BCUT2D eigenvalue weighted by Gasteiger charge is -2.15. The van der Waals surface area contributed by atoms with Crippen LogP contribution in [-0.4, -0.2) is 24.3 Å². The Morgan fingerprint density at radius 1 is 1.50 bits per heavy atom. The number of hydrogen-bond acceptors (Lipinski definition) is 4. The molecule has 0 bridgehead atoms. The summed E-state index contributed by atoms with van der Waals surface area (Å²) in [5, 5.41) is 2.06. The number of benzene rings is 1. The highest BCUT2D eigenvalue weighted by molar-refractivity contribution is 6.32. The molecule has 0 heterocycles. The Balaban J connectivity index is 2.87. The largest absolute Gasteiger partial charge is 0.479 e. The number of halogens is 1. The predicted molar refractivity (Wildman–Crippen MR) is 64.7 cm³/mol. The van der Waals surface area contributed by atoms with Crippen LogP contribution in [0, 0.1) is 0 Å². The van der Waals surface area contributed by atoms with E-state index in [0.29, 0.717) is 6.29 Å². The van der Waals surface area contributed by atoms with Gasteiger partial charge in [0.2, 0.25) is 0 Å². The standard InChI is InChI=1S/C11H11ClN2O4/c1-6(10(16)14-11(13)17)18-9-7(5-15)3-2-4-8(9)12/h2-6H,1H3,(H3,13,14,16,17). The average Bonchev–Trinajstić information content (AvgIpc) is 2.30. The Morgan fingerprint density at radius 2 is 2.17 bits per heavy atom. The van der Waals surface area contributed by atoms with Crippen LogP contribution in [0.5, 0.6) is 5.75 Å². The minimum Gasteiger partial charge on any atom is -0.479 e. The number of nitrogens with two attached hydrogens (primary N) is 1. The van der Waals surface area contributed by atoms with Crippen molar-refractivity contribution in [3.05, 3.63) is 28.8 Å². The molecule has 3 N–H and O–H groups in total. The number of para-hydroxylation sites is 1. The smallest absolute Gasteiger partial charge is 0.318 e. The van der Waals surface area contributed by atoms with Crippen LogP contribution in [0.3, 0.4) is 0 Å². The lowest BCUT2D eigenvalue weighted by molar-refractivity contribution is -0.126. The second-order valence-electron chi connectivity index (χ2n) is 3.39. The minimum atomic E-state index is -1.02. The molecule has 18 heavy (non-hydrogen) atoms. The SMILES string of the molecule is CC(Oc1c(Cl)cccc1C=O)C(=O)NC(N)=O. The van der Waals surface area contributed by atoms with E-state index in [2.05, 4.69) is 0 Å². The molecule has 0 fully saturated rings. The Morgan fingerprint density at radius 3 is 2.72 bits per heavy atom. The lowest BCUT2D eigenvalue weighted by Crippen LogP contribution is -2.42. The molecule has 0 aliphatic heterocycles. The monoisotopic (exact) mass is 270 g/mol. The van der Waals surface area contributed by atoms with Crippen LogP contribution in [0.2, 0.25) is 5.02 Å². The van der Waals surface area contributed by atoms with Gasteiger partial charge >= 0.3 is 6.03 Å². The maximum absolute atomic E-state index is 11.4. The fraction of sp³-hybridized carbons (Fsp3) is 0.182. The van der Waals surface area contributed by atoms with Gasteiger partial charge in [0.25, 0.3) is 5.91 Å². The Bertz CT molecular complexity index is 490. The van der Waals surface area contributed by atoms with Gasteiger partial charge in [-0.05, 0) is 19.1 Å². The first-order chi connectivity index (χ1) is 8.45. The van der Waals surface area contributed by atoms with Gasteiger partial charge in [0.05, 0.1) is 10.6 Å². The molecule has 96 valence electrons. The van der Waals surface area contributed by atoms with Gasteiger partial charge in [0.15, 0.2) is 12.4 Å². The highest BCUT2D eigenvalue weighted by Gasteiger charge is 2.19. The van der Waals surface area contributed by atoms with E-state index >= 15 is 0 Å². The molecule has 1 aromatic rings. The topological polar surface area (TPSA) is 98.5 Å². The third kappa shape index (κ3) is 3.46. The molecule has 0 aliphatic rings. The predicted octanol–water partition coefficient (Wildman–Crippen LogP) is 1.11. The third-order valence-electron chi connectivity index (χ3n) is 2.03. The highest BCUT2D eigenvalue weighted by Crippen LogP contribution is 2.28. The molecule has 0 radical (unpaired) electrons. The number of ether oxygens (including phenoxy) is 1. The van der Waals surface area contributed by atoms with Crippen molar-refractivity contribution >= 4 is 29.8 Å². The van der Waals surface area contributed by atoms with Crippen LogP contribution < -0.4 is 15.8 Å². The second kappa shape index (κ2) is 6.02. The van der Waals surface area contributed by atoms with Gasteiger partial charge in [0.1, 0.15) is 5.75 Å². The van der Waals surface area contributed by atoms with Crippen molar-refractivity contribution in [2.75, 3.05) is 0 Å². The number of primary amides is 1. The number of urea groups is 1. The molecule has 1 aromatic carbocycles. The van der Waals surface area contributed by atoms with E-state index in [1.165, 1.54) is 19.1 Å². The summed E-state index contributed by atoms with van der Waals surface area (Å²) in [4.78, 5) is 32.7. The summed E-state index contributed by atoms with van der Waals surface area (Å²) in [6.45, 7) is 1.40.